The molecule has 1 amide bonds. The monoisotopic (exact) mass is 481 g/mol. The molecule has 2 heterocycles. The molecule has 0 saturated carbocycles. The average molecular weight is 482 g/mol. The van der Waals surface area contributed by atoms with Gasteiger partial charge in [0.05, 0.1) is 5.57 Å². The summed E-state index contributed by atoms with van der Waals surface area (Å²) < 4.78 is 5.86. The molecule has 3 aromatic carbocycles. The predicted octanol–water partition coefficient (Wildman–Crippen LogP) is 6.73. The third-order valence-electron chi connectivity index (χ3n) is 5.99. The van der Waals surface area contributed by atoms with Gasteiger partial charge in [0.25, 0.3) is 11.7 Å². The quantitative estimate of drug-likeness (QED) is 0.188. The van der Waals surface area contributed by atoms with Gasteiger partial charge in [-0.2, -0.15) is 0 Å². The molecule has 0 bridgehead atoms. The number of anilines is 1. The normalized spacial score (nSPS) is 17.1. The summed E-state index contributed by atoms with van der Waals surface area (Å²) in [5.41, 5.74) is 2.26. The van der Waals surface area contributed by atoms with E-state index in [9.17, 15) is 14.7 Å². The van der Waals surface area contributed by atoms with Crippen molar-refractivity contribution in [3.8, 4) is 11.5 Å². The summed E-state index contributed by atoms with van der Waals surface area (Å²) in [4.78, 5) is 28.7. The number of aliphatic hydroxyl groups excluding tert-OH is 1. The summed E-state index contributed by atoms with van der Waals surface area (Å²) in [6, 6.07) is 26.8. The van der Waals surface area contributed by atoms with Crippen molar-refractivity contribution in [3.63, 3.8) is 0 Å². The highest BCUT2D eigenvalue weighted by atomic mass is 32.1. The number of carbonyl (C=O) groups excluding carboxylic acids is 2. The first kappa shape index (κ1) is 22.6. The topological polar surface area (TPSA) is 66.8 Å². The van der Waals surface area contributed by atoms with Crippen LogP contribution in [-0.4, -0.2) is 16.8 Å². The van der Waals surface area contributed by atoms with Gasteiger partial charge in [-0.25, -0.2) is 0 Å². The second-order valence-corrected chi connectivity index (χ2v) is 9.12. The molecule has 1 atom stereocenters. The molecular formula is C29H23NO4S. The molecule has 1 aliphatic heterocycles. The first-order chi connectivity index (χ1) is 17.1. The van der Waals surface area contributed by atoms with Crippen LogP contribution in [-0.2, 0) is 16.0 Å². The maximum Gasteiger partial charge on any atom is 0.300 e. The Morgan fingerprint density at radius 3 is 2.20 bits per heavy atom. The van der Waals surface area contributed by atoms with Crippen molar-refractivity contribution < 1.29 is 19.4 Å². The van der Waals surface area contributed by atoms with Crippen LogP contribution < -0.4 is 9.64 Å². The van der Waals surface area contributed by atoms with Gasteiger partial charge in [0, 0.05) is 16.1 Å². The summed E-state index contributed by atoms with van der Waals surface area (Å²) >= 11 is 1.43. The molecule has 0 radical (unpaired) electrons. The van der Waals surface area contributed by atoms with Crippen molar-refractivity contribution in [1.29, 1.82) is 0 Å². The van der Waals surface area contributed by atoms with Gasteiger partial charge in [-0.15, -0.1) is 11.3 Å². The van der Waals surface area contributed by atoms with Gasteiger partial charge in [-0.3, -0.25) is 14.5 Å². The Balaban J connectivity index is 1.54. The molecule has 0 spiro atoms. The van der Waals surface area contributed by atoms with Gasteiger partial charge in [0.15, 0.2) is 0 Å². The van der Waals surface area contributed by atoms with Crippen LogP contribution in [0.25, 0.3) is 5.76 Å². The number of Topliss-reactive ketones (excluding diaryl/α,β-unsaturated/α-hetero) is 1. The Morgan fingerprint density at radius 1 is 0.886 bits per heavy atom. The number of para-hydroxylation sites is 1. The van der Waals surface area contributed by atoms with Crippen LogP contribution in [0.1, 0.15) is 29.0 Å². The number of amides is 1. The van der Waals surface area contributed by atoms with Crippen LogP contribution in [0.5, 0.6) is 11.5 Å². The molecule has 35 heavy (non-hydrogen) atoms. The summed E-state index contributed by atoms with van der Waals surface area (Å²) in [6.07, 6.45) is 0.866. The molecule has 1 unspecified atom stereocenters. The SMILES string of the molecule is CCc1ccc(/C(O)=C2/C(=O)C(=O)N(c3ccc(Oc4ccccc4)cc3)C2c2cccs2)cc1. The van der Waals surface area contributed by atoms with E-state index in [2.05, 4.69) is 0 Å². The van der Waals surface area contributed by atoms with E-state index >= 15 is 0 Å². The zero-order chi connectivity index (χ0) is 24.4. The van der Waals surface area contributed by atoms with Crippen LogP contribution in [0.15, 0.2) is 102 Å². The van der Waals surface area contributed by atoms with Gasteiger partial charge < -0.3 is 9.84 Å². The Labute approximate surface area is 207 Å². The third kappa shape index (κ3) is 4.36. The van der Waals surface area contributed by atoms with E-state index in [-0.39, 0.29) is 11.3 Å². The molecule has 1 saturated heterocycles. The summed E-state index contributed by atoms with van der Waals surface area (Å²) in [5.74, 6) is -0.235. The van der Waals surface area contributed by atoms with Crippen LogP contribution >= 0.6 is 11.3 Å². The molecule has 1 N–H and O–H groups in total. The van der Waals surface area contributed by atoms with Crippen LogP contribution in [0.2, 0.25) is 0 Å². The molecule has 5 nitrogen and oxygen atoms in total. The van der Waals surface area contributed by atoms with E-state index in [0.29, 0.717) is 22.7 Å². The van der Waals surface area contributed by atoms with Crippen molar-refractivity contribution >= 4 is 34.5 Å². The van der Waals surface area contributed by atoms with E-state index < -0.39 is 17.7 Å². The van der Waals surface area contributed by atoms with E-state index in [4.69, 9.17) is 4.74 Å². The number of ketones is 1. The number of hydrogen-bond donors (Lipinski definition) is 1. The minimum absolute atomic E-state index is 0.0892. The Hall–Kier alpha value is -4.16. The molecule has 6 heteroatoms. The molecule has 174 valence electrons. The number of hydrogen-bond acceptors (Lipinski definition) is 5. The molecular weight excluding hydrogens is 458 g/mol. The number of carbonyl (C=O) groups is 2. The lowest BCUT2D eigenvalue weighted by molar-refractivity contribution is -0.132. The highest BCUT2D eigenvalue weighted by Gasteiger charge is 2.47. The fraction of sp³-hybridized carbons (Fsp3) is 0.103. The minimum Gasteiger partial charge on any atom is -0.507 e. The molecule has 1 fully saturated rings. The van der Waals surface area contributed by atoms with Crippen molar-refractivity contribution in [3.05, 3.63) is 118 Å². The maximum absolute atomic E-state index is 13.2. The lowest BCUT2D eigenvalue weighted by Crippen LogP contribution is -2.29. The Bertz CT molecular complexity index is 1380. The summed E-state index contributed by atoms with van der Waals surface area (Å²) in [6.45, 7) is 2.05. The van der Waals surface area contributed by atoms with Crippen LogP contribution in [0, 0.1) is 0 Å². The molecule has 0 aliphatic carbocycles. The smallest absolute Gasteiger partial charge is 0.300 e. The number of benzene rings is 3. The van der Waals surface area contributed by atoms with Gasteiger partial charge in [0.2, 0.25) is 0 Å². The number of rotatable bonds is 6. The molecule has 1 aliphatic rings. The molecule has 5 rings (SSSR count). The van der Waals surface area contributed by atoms with Crippen molar-refractivity contribution in [2.24, 2.45) is 0 Å². The second-order valence-electron chi connectivity index (χ2n) is 8.14. The highest BCUT2D eigenvalue weighted by Crippen LogP contribution is 2.44. The zero-order valence-corrected chi connectivity index (χ0v) is 19.9. The predicted molar refractivity (Wildman–Crippen MR) is 138 cm³/mol. The largest absolute Gasteiger partial charge is 0.507 e. The minimum atomic E-state index is -0.721. The number of thiophene rings is 1. The number of aryl methyl sites for hydroxylation is 1. The van der Waals surface area contributed by atoms with Crippen molar-refractivity contribution in [2.75, 3.05) is 4.90 Å². The fourth-order valence-electron chi connectivity index (χ4n) is 4.17. The second kappa shape index (κ2) is 9.60. The van der Waals surface area contributed by atoms with Gasteiger partial charge in [-0.1, -0.05) is 55.5 Å². The highest BCUT2D eigenvalue weighted by molar-refractivity contribution is 7.10. The van der Waals surface area contributed by atoms with E-state index in [1.807, 2.05) is 66.9 Å². The number of aliphatic hydroxyl groups is 1. The van der Waals surface area contributed by atoms with E-state index in [1.165, 1.54) is 16.2 Å². The Kier molecular flexibility index (Phi) is 6.21. The van der Waals surface area contributed by atoms with Gasteiger partial charge in [-0.05, 0) is 59.8 Å². The lowest BCUT2D eigenvalue weighted by atomic mass is 9.99. The van der Waals surface area contributed by atoms with Crippen molar-refractivity contribution in [1.82, 2.24) is 0 Å². The Morgan fingerprint density at radius 2 is 1.57 bits per heavy atom. The first-order valence-corrected chi connectivity index (χ1v) is 12.2. The van der Waals surface area contributed by atoms with Crippen LogP contribution in [0.3, 0.4) is 0 Å². The summed E-state index contributed by atoms with van der Waals surface area (Å²) in [5, 5.41) is 13.1. The maximum atomic E-state index is 13.2. The van der Waals surface area contributed by atoms with E-state index in [1.54, 1.807) is 36.4 Å². The fourth-order valence-corrected chi connectivity index (χ4v) is 4.99. The molecule has 1 aromatic heterocycles. The van der Waals surface area contributed by atoms with Crippen molar-refractivity contribution in [2.45, 2.75) is 19.4 Å². The standard InChI is InChI=1S/C29H23NO4S/c1-2-19-10-12-20(13-11-19)27(31)25-26(24-9-6-18-35-24)30(29(33)28(25)32)21-14-16-23(17-15-21)34-22-7-4-3-5-8-22/h3-18,26,31H,2H2,1H3/b27-25-. The first-order valence-electron chi connectivity index (χ1n) is 11.3. The van der Waals surface area contributed by atoms with Gasteiger partial charge >= 0.3 is 0 Å². The third-order valence-corrected chi connectivity index (χ3v) is 6.91. The number of ether oxygens (including phenoxy) is 1. The summed E-state index contributed by atoms with van der Waals surface area (Å²) in [7, 11) is 0. The number of nitrogens with zero attached hydrogens (tertiary/aromatic N) is 1. The zero-order valence-electron chi connectivity index (χ0n) is 19.0. The van der Waals surface area contributed by atoms with E-state index in [0.717, 1.165) is 16.9 Å². The average Bonchev–Trinajstić information content (AvgIpc) is 3.52. The molecule has 4 aromatic rings. The van der Waals surface area contributed by atoms with Crippen LogP contribution in [0.4, 0.5) is 5.69 Å². The lowest BCUT2D eigenvalue weighted by Gasteiger charge is -2.24. The van der Waals surface area contributed by atoms with Gasteiger partial charge in [0.1, 0.15) is 23.3 Å².